The van der Waals surface area contributed by atoms with Gasteiger partial charge in [0, 0.05) is 6.04 Å². The maximum absolute atomic E-state index is 2.70. The Morgan fingerprint density at radius 2 is 1.66 bits per heavy atom. The maximum Gasteiger partial charge on any atom is 0.00922 e. The molecule has 3 saturated carbocycles. The Morgan fingerprint density at radius 3 is 2.47 bits per heavy atom. The van der Waals surface area contributed by atoms with Crippen LogP contribution in [0.1, 0.15) is 70.8 Å². The zero-order chi connectivity index (χ0) is 22.1. The van der Waals surface area contributed by atoms with Crippen LogP contribution >= 0.6 is 0 Å². The smallest absolute Gasteiger partial charge is 0.00922 e. The van der Waals surface area contributed by atoms with Gasteiger partial charge in [-0.2, -0.15) is 0 Å². The first-order chi connectivity index (χ1) is 15.4. The number of allylic oxidation sites excluding steroid dienone is 2. The average molecular weight is 428 g/mol. The fourth-order valence-electron chi connectivity index (χ4n) is 9.08. The minimum absolute atomic E-state index is 0.369. The molecule has 32 heavy (non-hydrogen) atoms. The zero-order valence-electron chi connectivity index (χ0n) is 20.6. The van der Waals surface area contributed by atoms with Crippen molar-refractivity contribution in [1.82, 2.24) is 4.90 Å². The summed E-state index contributed by atoms with van der Waals surface area (Å²) in [6.45, 7) is 5.33. The van der Waals surface area contributed by atoms with Gasteiger partial charge in [-0.3, -0.25) is 0 Å². The van der Waals surface area contributed by atoms with Crippen molar-refractivity contribution >= 4 is 16.3 Å². The predicted molar refractivity (Wildman–Crippen MR) is 137 cm³/mol. The van der Waals surface area contributed by atoms with Gasteiger partial charge in [-0.15, -0.1) is 0 Å². The molecule has 0 saturated heterocycles. The van der Waals surface area contributed by atoms with Crippen molar-refractivity contribution in [1.29, 1.82) is 0 Å². The third-order valence-corrected chi connectivity index (χ3v) is 11.0. The number of nitrogens with zero attached hydrogens (tertiary/aromatic N) is 1. The van der Waals surface area contributed by atoms with Crippen LogP contribution in [0.3, 0.4) is 0 Å². The van der Waals surface area contributed by atoms with Crippen LogP contribution in [0.15, 0.2) is 48.5 Å². The quantitative estimate of drug-likeness (QED) is 0.472. The summed E-state index contributed by atoms with van der Waals surface area (Å²) >= 11 is 0. The summed E-state index contributed by atoms with van der Waals surface area (Å²) in [5.41, 5.74) is 4.10. The van der Waals surface area contributed by atoms with Crippen molar-refractivity contribution in [3.05, 3.63) is 54.1 Å². The second-order valence-electron chi connectivity index (χ2n) is 12.4. The molecule has 4 aliphatic carbocycles. The van der Waals surface area contributed by atoms with Crippen molar-refractivity contribution in [3.63, 3.8) is 0 Å². The zero-order valence-corrected chi connectivity index (χ0v) is 20.6. The van der Waals surface area contributed by atoms with Crippen LogP contribution in [0, 0.1) is 34.5 Å². The minimum Gasteiger partial charge on any atom is -0.306 e. The highest BCUT2D eigenvalue weighted by Gasteiger charge is 2.58. The van der Waals surface area contributed by atoms with Crippen molar-refractivity contribution in [2.24, 2.45) is 34.5 Å². The highest BCUT2D eigenvalue weighted by Crippen LogP contribution is 2.67. The van der Waals surface area contributed by atoms with E-state index >= 15 is 0 Å². The second kappa shape index (κ2) is 7.45. The molecule has 0 spiro atoms. The molecule has 7 atom stereocenters. The molecule has 2 aromatic carbocycles. The molecule has 6 rings (SSSR count). The standard InChI is InChI=1S/C31H41N/c1-30-17-15-25(32(3)4)20-24(30)11-12-26-28-14-13-27(31(28,2)18-16-29(26)30)23-10-9-21-7-5-6-8-22(21)19-23/h5-10,13,19,24-26,28-29H,11-12,14-18,20H2,1-4H3/t24-,25-,26-,28-,29-,30-,31+/m0/s1. The van der Waals surface area contributed by atoms with Crippen LogP contribution in [0.2, 0.25) is 0 Å². The van der Waals surface area contributed by atoms with E-state index in [1.807, 2.05) is 0 Å². The van der Waals surface area contributed by atoms with Crippen LogP contribution in [-0.2, 0) is 0 Å². The molecule has 1 heteroatoms. The number of rotatable bonds is 2. The SMILES string of the molecule is CN(C)[C@H]1CC[C@@]2(C)[C@@H](CC[C@@H]3[C@@H]2CC[C@]2(C)C(c4ccc5ccccc5c4)=CC[C@@H]32)C1. The molecular weight excluding hydrogens is 386 g/mol. The lowest BCUT2D eigenvalue weighted by Crippen LogP contribution is -2.54. The van der Waals surface area contributed by atoms with Gasteiger partial charge >= 0.3 is 0 Å². The molecule has 4 aliphatic rings. The molecule has 0 amide bonds. The van der Waals surface area contributed by atoms with Crippen LogP contribution in [-0.4, -0.2) is 25.0 Å². The van der Waals surface area contributed by atoms with E-state index in [1.54, 1.807) is 5.57 Å². The van der Waals surface area contributed by atoms with Crippen LogP contribution in [0.25, 0.3) is 16.3 Å². The summed E-state index contributed by atoms with van der Waals surface area (Å²) in [5.74, 6) is 3.68. The molecule has 0 unspecified atom stereocenters. The first kappa shape index (κ1) is 21.0. The van der Waals surface area contributed by atoms with E-state index in [1.165, 1.54) is 67.7 Å². The summed E-state index contributed by atoms with van der Waals surface area (Å²) in [6, 6.07) is 16.8. The van der Waals surface area contributed by atoms with Gasteiger partial charge in [0.25, 0.3) is 0 Å². The number of benzene rings is 2. The molecule has 3 fully saturated rings. The van der Waals surface area contributed by atoms with Gasteiger partial charge in [0.05, 0.1) is 0 Å². The molecular formula is C31H41N. The van der Waals surface area contributed by atoms with Gasteiger partial charge in [0.2, 0.25) is 0 Å². The van der Waals surface area contributed by atoms with E-state index in [2.05, 4.69) is 81.4 Å². The Balaban J connectivity index is 1.28. The Hall–Kier alpha value is -1.60. The lowest BCUT2D eigenvalue weighted by Gasteiger charge is -2.61. The fourth-order valence-corrected chi connectivity index (χ4v) is 9.08. The Kier molecular flexibility index (Phi) is 4.88. The van der Waals surface area contributed by atoms with Gasteiger partial charge in [-0.1, -0.05) is 56.3 Å². The number of fused-ring (bicyclic) bond motifs is 6. The normalized spacial score (nSPS) is 41.2. The maximum atomic E-state index is 2.70. The molecule has 0 bridgehead atoms. The van der Waals surface area contributed by atoms with E-state index in [0.29, 0.717) is 10.8 Å². The van der Waals surface area contributed by atoms with Gasteiger partial charge in [-0.25, -0.2) is 0 Å². The van der Waals surface area contributed by atoms with Gasteiger partial charge < -0.3 is 4.90 Å². The molecule has 2 aromatic rings. The van der Waals surface area contributed by atoms with E-state index < -0.39 is 0 Å². The van der Waals surface area contributed by atoms with Crippen LogP contribution in [0.5, 0.6) is 0 Å². The van der Waals surface area contributed by atoms with Gasteiger partial charge in [0.1, 0.15) is 0 Å². The molecule has 170 valence electrons. The Labute approximate surface area is 195 Å². The summed E-state index contributed by atoms with van der Waals surface area (Å²) in [5, 5.41) is 2.75. The average Bonchev–Trinajstić information content (AvgIpc) is 3.15. The van der Waals surface area contributed by atoms with Gasteiger partial charge in [0.15, 0.2) is 0 Å². The molecule has 0 heterocycles. The van der Waals surface area contributed by atoms with E-state index in [9.17, 15) is 0 Å². The largest absolute Gasteiger partial charge is 0.306 e. The summed E-state index contributed by atoms with van der Waals surface area (Å²) in [4.78, 5) is 2.50. The topological polar surface area (TPSA) is 3.24 Å². The molecule has 1 nitrogen and oxygen atoms in total. The fraction of sp³-hybridized carbons (Fsp3) is 0.613. The second-order valence-corrected chi connectivity index (χ2v) is 12.4. The van der Waals surface area contributed by atoms with E-state index in [-0.39, 0.29) is 0 Å². The molecule has 0 N–H and O–H groups in total. The van der Waals surface area contributed by atoms with Crippen molar-refractivity contribution in [2.75, 3.05) is 14.1 Å². The molecule has 0 aromatic heterocycles. The third kappa shape index (κ3) is 2.99. The summed E-state index contributed by atoms with van der Waals surface area (Å²) in [7, 11) is 4.59. The number of hydrogen-bond acceptors (Lipinski definition) is 1. The van der Waals surface area contributed by atoms with E-state index in [4.69, 9.17) is 0 Å². The minimum atomic E-state index is 0.369. The molecule has 0 aliphatic heterocycles. The monoisotopic (exact) mass is 427 g/mol. The lowest BCUT2D eigenvalue weighted by molar-refractivity contribution is -0.106. The Morgan fingerprint density at radius 1 is 0.844 bits per heavy atom. The van der Waals surface area contributed by atoms with Crippen molar-refractivity contribution in [3.8, 4) is 0 Å². The summed E-state index contributed by atoms with van der Waals surface area (Å²) in [6.07, 6.45) is 14.0. The first-order valence-electron chi connectivity index (χ1n) is 13.3. The highest BCUT2D eigenvalue weighted by atomic mass is 15.1. The van der Waals surface area contributed by atoms with Crippen LogP contribution in [0.4, 0.5) is 0 Å². The number of hydrogen-bond donors (Lipinski definition) is 0. The Bertz CT molecular complexity index is 1050. The first-order valence-corrected chi connectivity index (χ1v) is 13.3. The summed E-state index contributed by atoms with van der Waals surface area (Å²) < 4.78 is 0. The highest BCUT2D eigenvalue weighted by molar-refractivity contribution is 5.87. The lowest BCUT2D eigenvalue weighted by atomic mass is 9.44. The van der Waals surface area contributed by atoms with Crippen molar-refractivity contribution < 1.29 is 0 Å². The third-order valence-electron chi connectivity index (χ3n) is 11.0. The van der Waals surface area contributed by atoms with Crippen LogP contribution < -0.4 is 0 Å². The van der Waals surface area contributed by atoms with E-state index in [0.717, 1.165) is 29.7 Å². The van der Waals surface area contributed by atoms with Crippen molar-refractivity contribution in [2.45, 2.75) is 71.3 Å². The predicted octanol–water partition coefficient (Wildman–Crippen LogP) is 7.81. The molecule has 0 radical (unpaired) electrons. The van der Waals surface area contributed by atoms with Gasteiger partial charge in [-0.05, 0) is 128 Å².